The largest absolute Gasteiger partial charge is 0.417 e. The Kier molecular flexibility index (Phi) is 7.87. The molecule has 0 atom stereocenters. The first kappa shape index (κ1) is 24.9. The zero-order valence-electron chi connectivity index (χ0n) is 16.8. The van der Waals surface area contributed by atoms with E-state index in [2.05, 4.69) is 42.0 Å². The molecule has 0 fully saturated rings. The SMILES string of the molecule is C/C(=N\Nc1nnc(SCC(=O)Nc2ccc(Cl)c(C(F)(F)F)c2)n1N)c1ccc(Br)cc1. The van der Waals surface area contributed by atoms with Crippen LogP contribution in [0.2, 0.25) is 5.02 Å². The number of nitrogen functional groups attached to an aromatic ring is 1. The molecule has 3 rings (SSSR count). The number of carbonyl (C=O) groups excluding carboxylic acids is 1. The average molecular weight is 563 g/mol. The van der Waals surface area contributed by atoms with Crippen molar-refractivity contribution in [3.63, 3.8) is 0 Å². The van der Waals surface area contributed by atoms with E-state index in [9.17, 15) is 18.0 Å². The summed E-state index contributed by atoms with van der Waals surface area (Å²) in [5.41, 5.74) is 3.20. The molecule has 0 spiro atoms. The monoisotopic (exact) mass is 561 g/mol. The number of hydrazone groups is 1. The summed E-state index contributed by atoms with van der Waals surface area (Å²) in [5.74, 6) is 5.35. The number of benzene rings is 2. The van der Waals surface area contributed by atoms with Crippen LogP contribution in [-0.2, 0) is 11.0 Å². The number of halogens is 5. The van der Waals surface area contributed by atoms with Crippen LogP contribution >= 0.6 is 39.3 Å². The number of carbonyl (C=O) groups is 1. The maximum atomic E-state index is 13.0. The van der Waals surface area contributed by atoms with E-state index in [0.29, 0.717) is 5.71 Å². The van der Waals surface area contributed by atoms with Crippen LogP contribution in [0.1, 0.15) is 18.1 Å². The van der Waals surface area contributed by atoms with E-state index < -0.39 is 22.7 Å². The molecule has 1 amide bonds. The van der Waals surface area contributed by atoms with E-state index in [0.717, 1.165) is 38.6 Å². The fourth-order valence-electron chi connectivity index (χ4n) is 2.49. The highest BCUT2D eigenvalue weighted by Gasteiger charge is 2.33. The lowest BCUT2D eigenvalue weighted by Gasteiger charge is -2.11. The van der Waals surface area contributed by atoms with Crippen molar-refractivity contribution >= 4 is 62.5 Å². The summed E-state index contributed by atoms with van der Waals surface area (Å²) in [7, 11) is 0. The van der Waals surface area contributed by atoms with E-state index in [-0.39, 0.29) is 22.5 Å². The summed E-state index contributed by atoms with van der Waals surface area (Å²) in [6.45, 7) is 1.80. The third-order valence-corrected chi connectivity index (χ3v) is 5.94. The van der Waals surface area contributed by atoms with E-state index >= 15 is 0 Å². The number of hydrogen-bond acceptors (Lipinski definition) is 7. The molecule has 0 unspecified atom stereocenters. The smallest absolute Gasteiger partial charge is 0.334 e. The summed E-state index contributed by atoms with van der Waals surface area (Å²) < 4.78 is 40.9. The number of aromatic nitrogens is 3. The molecule has 1 aromatic heterocycles. The Morgan fingerprint density at radius 2 is 1.94 bits per heavy atom. The van der Waals surface area contributed by atoms with Gasteiger partial charge in [0.05, 0.1) is 22.1 Å². The predicted octanol–water partition coefficient (Wildman–Crippen LogP) is 4.99. The number of nitrogens with two attached hydrogens (primary N) is 1. The molecular formula is C19H16BrClF3N7OS. The molecule has 14 heteroatoms. The van der Waals surface area contributed by atoms with Crippen molar-refractivity contribution in [2.75, 3.05) is 22.3 Å². The second-order valence-corrected chi connectivity index (χ2v) is 8.79. The van der Waals surface area contributed by atoms with Gasteiger partial charge in [-0.05, 0) is 42.8 Å². The van der Waals surface area contributed by atoms with Crippen molar-refractivity contribution in [2.45, 2.75) is 18.3 Å². The highest BCUT2D eigenvalue weighted by Crippen LogP contribution is 2.36. The Balaban J connectivity index is 1.59. The number of nitrogens with zero attached hydrogens (tertiary/aromatic N) is 4. The van der Waals surface area contributed by atoms with Gasteiger partial charge in [0.1, 0.15) is 0 Å². The number of rotatable bonds is 7. The Morgan fingerprint density at radius 3 is 2.61 bits per heavy atom. The number of thioether (sulfide) groups is 1. The number of anilines is 2. The van der Waals surface area contributed by atoms with Crippen LogP contribution in [-0.4, -0.2) is 32.2 Å². The molecule has 0 radical (unpaired) electrons. The highest BCUT2D eigenvalue weighted by molar-refractivity contribution is 9.10. The molecule has 0 aliphatic heterocycles. The fourth-order valence-corrected chi connectivity index (χ4v) is 3.63. The number of alkyl halides is 3. The molecule has 2 aromatic carbocycles. The van der Waals surface area contributed by atoms with Crippen LogP contribution in [0.5, 0.6) is 0 Å². The number of amides is 1. The zero-order chi connectivity index (χ0) is 24.2. The van der Waals surface area contributed by atoms with Crippen molar-refractivity contribution in [3.8, 4) is 0 Å². The molecule has 0 saturated carbocycles. The fraction of sp³-hybridized carbons (Fsp3) is 0.158. The van der Waals surface area contributed by atoms with Gasteiger partial charge in [-0.3, -0.25) is 4.79 Å². The van der Waals surface area contributed by atoms with E-state index in [4.69, 9.17) is 17.4 Å². The summed E-state index contributed by atoms with van der Waals surface area (Å²) >= 11 is 9.89. The molecule has 8 nitrogen and oxygen atoms in total. The summed E-state index contributed by atoms with van der Waals surface area (Å²) in [5, 5.41) is 14.1. The van der Waals surface area contributed by atoms with Gasteiger partial charge in [0.2, 0.25) is 11.1 Å². The van der Waals surface area contributed by atoms with E-state index in [1.807, 2.05) is 24.3 Å². The van der Waals surface area contributed by atoms with Gasteiger partial charge < -0.3 is 11.2 Å². The number of nitrogens with one attached hydrogen (secondary N) is 2. The Hall–Kier alpha value is -2.77. The minimum atomic E-state index is -4.63. The molecule has 0 saturated heterocycles. The molecule has 174 valence electrons. The minimum absolute atomic E-state index is 0.0355. The van der Waals surface area contributed by atoms with Crippen molar-refractivity contribution in [1.29, 1.82) is 0 Å². The zero-order valence-corrected chi connectivity index (χ0v) is 20.0. The first-order valence-corrected chi connectivity index (χ1v) is 11.3. The quantitative estimate of drug-likeness (QED) is 0.162. The molecule has 0 aliphatic rings. The van der Waals surface area contributed by atoms with Crippen LogP contribution < -0.4 is 16.6 Å². The predicted molar refractivity (Wildman–Crippen MR) is 126 cm³/mol. The third-order valence-electron chi connectivity index (χ3n) is 4.14. The third kappa shape index (κ3) is 6.62. The van der Waals surface area contributed by atoms with Gasteiger partial charge in [-0.25, -0.2) is 10.1 Å². The molecule has 3 aromatic rings. The first-order valence-electron chi connectivity index (χ1n) is 9.10. The molecule has 33 heavy (non-hydrogen) atoms. The van der Waals surface area contributed by atoms with Gasteiger partial charge in [0.15, 0.2) is 0 Å². The maximum Gasteiger partial charge on any atom is 0.417 e. The number of hydrogen-bond donors (Lipinski definition) is 3. The first-order chi connectivity index (χ1) is 15.5. The summed E-state index contributed by atoms with van der Waals surface area (Å²) in [6, 6.07) is 10.6. The Morgan fingerprint density at radius 1 is 1.24 bits per heavy atom. The molecular weight excluding hydrogens is 547 g/mol. The summed E-state index contributed by atoms with van der Waals surface area (Å²) in [4.78, 5) is 12.2. The molecule has 1 heterocycles. The minimum Gasteiger partial charge on any atom is -0.334 e. The van der Waals surface area contributed by atoms with Crippen molar-refractivity contribution in [3.05, 3.63) is 63.1 Å². The average Bonchev–Trinajstić information content (AvgIpc) is 3.11. The molecule has 0 aliphatic carbocycles. The second kappa shape index (κ2) is 10.4. The summed E-state index contributed by atoms with van der Waals surface area (Å²) in [6.07, 6.45) is -4.63. The standard InChI is InChI=1S/C19H16BrClF3N7OS/c1-10(11-2-4-12(20)5-3-11)27-28-17-29-30-18(31(17)25)33-9-16(32)26-13-6-7-15(21)14(8-13)19(22,23)24/h2-8H,9,25H2,1H3,(H,26,32)(H,28,29)/b27-10+. The van der Waals surface area contributed by atoms with Crippen LogP contribution in [0.4, 0.5) is 24.8 Å². The van der Waals surface area contributed by atoms with Gasteiger partial charge in [-0.15, -0.1) is 10.2 Å². The van der Waals surface area contributed by atoms with Crippen molar-refractivity contribution < 1.29 is 18.0 Å². The Labute approximate surface area is 203 Å². The van der Waals surface area contributed by atoms with Crippen LogP contribution in [0.15, 0.2) is 57.2 Å². The van der Waals surface area contributed by atoms with Crippen LogP contribution in [0.3, 0.4) is 0 Å². The second-order valence-electron chi connectivity index (χ2n) is 6.52. The van der Waals surface area contributed by atoms with E-state index in [1.165, 1.54) is 6.07 Å². The van der Waals surface area contributed by atoms with Crippen LogP contribution in [0.25, 0.3) is 0 Å². The molecule has 4 N–H and O–H groups in total. The van der Waals surface area contributed by atoms with Gasteiger partial charge in [0.25, 0.3) is 5.95 Å². The maximum absolute atomic E-state index is 13.0. The molecule has 0 bridgehead atoms. The van der Waals surface area contributed by atoms with Crippen molar-refractivity contribution in [1.82, 2.24) is 14.9 Å². The Bertz CT molecular complexity index is 1190. The van der Waals surface area contributed by atoms with E-state index in [1.54, 1.807) is 6.92 Å². The lowest BCUT2D eigenvalue weighted by atomic mass is 10.1. The van der Waals surface area contributed by atoms with Crippen molar-refractivity contribution in [2.24, 2.45) is 5.10 Å². The lowest BCUT2D eigenvalue weighted by molar-refractivity contribution is -0.137. The van der Waals surface area contributed by atoms with Gasteiger partial charge in [-0.1, -0.05) is 51.4 Å². The highest BCUT2D eigenvalue weighted by atomic mass is 79.9. The van der Waals surface area contributed by atoms with Gasteiger partial charge in [0, 0.05) is 10.2 Å². The van der Waals surface area contributed by atoms with Gasteiger partial charge >= 0.3 is 6.18 Å². The van der Waals surface area contributed by atoms with Crippen LogP contribution in [0, 0.1) is 0 Å². The van der Waals surface area contributed by atoms with Gasteiger partial charge in [-0.2, -0.15) is 18.3 Å². The lowest BCUT2D eigenvalue weighted by Crippen LogP contribution is -2.17. The normalized spacial score (nSPS) is 12.0. The topological polar surface area (TPSA) is 110 Å².